The van der Waals surface area contributed by atoms with E-state index < -0.39 is 5.97 Å². The Kier molecular flexibility index (Phi) is 6.01. The van der Waals surface area contributed by atoms with E-state index in [0.29, 0.717) is 18.4 Å². The van der Waals surface area contributed by atoms with Gasteiger partial charge in [-0.25, -0.2) is 0 Å². The van der Waals surface area contributed by atoms with E-state index in [1.165, 1.54) is 24.1 Å². The van der Waals surface area contributed by atoms with Crippen molar-refractivity contribution in [3.8, 4) is 0 Å². The van der Waals surface area contributed by atoms with E-state index in [9.17, 15) is 9.90 Å². The summed E-state index contributed by atoms with van der Waals surface area (Å²) < 4.78 is 0. The maximum atomic E-state index is 10.6. The molecule has 4 nitrogen and oxygen atoms in total. The van der Waals surface area contributed by atoms with Gasteiger partial charge < -0.3 is 15.5 Å². The highest BCUT2D eigenvalue weighted by atomic mass is 32.1. The number of hydrogen-bond acceptors (Lipinski definition) is 4. The molecule has 20 heavy (non-hydrogen) atoms. The predicted molar refractivity (Wildman–Crippen MR) is 79.9 cm³/mol. The summed E-state index contributed by atoms with van der Waals surface area (Å²) in [6.07, 6.45) is 4.97. The summed E-state index contributed by atoms with van der Waals surface area (Å²) in [7, 11) is 0. The van der Waals surface area contributed by atoms with Gasteiger partial charge in [-0.05, 0) is 43.4 Å². The molecule has 1 saturated carbocycles. The van der Waals surface area contributed by atoms with Crippen molar-refractivity contribution in [3.05, 3.63) is 21.9 Å². The van der Waals surface area contributed by atoms with Gasteiger partial charge in [0.05, 0.1) is 6.42 Å². The number of thiophene rings is 1. The summed E-state index contributed by atoms with van der Waals surface area (Å²) >= 11 is 1.56. The normalized spacial score (nSPS) is 22.9. The smallest absolute Gasteiger partial charge is 0.308 e. The van der Waals surface area contributed by atoms with Gasteiger partial charge in [-0.1, -0.05) is 12.8 Å². The fourth-order valence-electron chi connectivity index (χ4n) is 2.94. The number of carboxylic acids is 1. The number of rotatable bonds is 7. The molecule has 2 rings (SSSR count). The molecule has 1 heterocycles. The standard InChI is InChI=1S/C15H23NO3S/c17-10-12-4-2-1-3-11(12)8-16-9-14-6-5-13(20-14)7-15(18)19/h5-6,11-12,16-17H,1-4,7-10H2,(H,18,19). The Labute approximate surface area is 123 Å². The minimum absolute atomic E-state index is 0.111. The molecule has 0 spiro atoms. The molecule has 0 amide bonds. The highest BCUT2D eigenvalue weighted by Crippen LogP contribution is 2.29. The summed E-state index contributed by atoms with van der Waals surface area (Å²) in [5, 5.41) is 21.6. The first kappa shape index (κ1) is 15.5. The van der Waals surface area contributed by atoms with E-state index in [1.807, 2.05) is 12.1 Å². The highest BCUT2D eigenvalue weighted by molar-refractivity contribution is 7.12. The number of aliphatic hydroxyl groups excluding tert-OH is 1. The van der Waals surface area contributed by atoms with Crippen molar-refractivity contribution in [1.29, 1.82) is 0 Å². The van der Waals surface area contributed by atoms with Crippen LogP contribution >= 0.6 is 11.3 Å². The van der Waals surface area contributed by atoms with E-state index >= 15 is 0 Å². The van der Waals surface area contributed by atoms with Crippen LogP contribution in [0.15, 0.2) is 12.1 Å². The number of aliphatic hydroxyl groups is 1. The predicted octanol–water partition coefficient (Wildman–Crippen LogP) is 2.26. The van der Waals surface area contributed by atoms with Gasteiger partial charge in [0, 0.05) is 22.9 Å². The first-order valence-electron chi connectivity index (χ1n) is 7.30. The van der Waals surface area contributed by atoms with E-state index in [1.54, 1.807) is 11.3 Å². The second-order valence-electron chi connectivity index (χ2n) is 5.56. The third kappa shape index (κ3) is 4.58. The molecule has 0 radical (unpaired) electrons. The monoisotopic (exact) mass is 297 g/mol. The van der Waals surface area contributed by atoms with Crippen molar-refractivity contribution in [3.63, 3.8) is 0 Å². The summed E-state index contributed by atoms with van der Waals surface area (Å²) in [5.41, 5.74) is 0. The Bertz CT molecular complexity index is 433. The first-order valence-corrected chi connectivity index (χ1v) is 8.11. The molecule has 1 aromatic rings. The van der Waals surface area contributed by atoms with Crippen molar-refractivity contribution in [1.82, 2.24) is 5.32 Å². The molecule has 0 aliphatic heterocycles. The summed E-state index contributed by atoms with van der Waals surface area (Å²) in [6, 6.07) is 3.90. The van der Waals surface area contributed by atoms with Crippen molar-refractivity contribution in [2.24, 2.45) is 11.8 Å². The van der Waals surface area contributed by atoms with Gasteiger partial charge in [0.2, 0.25) is 0 Å². The van der Waals surface area contributed by atoms with E-state index in [4.69, 9.17) is 5.11 Å². The van der Waals surface area contributed by atoms with E-state index in [2.05, 4.69) is 5.32 Å². The molecule has 112 valence electrons. The van der Waals surface area contributed by atoms with Crippen LogP contribution < -0.4 is 5.32 Å². The first-order chi connectivity index (χ1) is 9.69. The minimum Gasteiger partial charge on any atom is -0.481 e. The molecule has 0 saturated heterocycles. The molecule has 0 bridgehead atoms. The molecule has 1 aromatic heterocycles. The topological polar surface area (TPSA) is 69.6 Å². The lowest BCUT2D eigenvalue weighted by atomic mass is 9.79. The summed E-state index contributed by atoms with van der Waals surface area (Å²) in [5.74, 6) is 0.244. The van der Waals surface area contributed by atoms with Crippen LogP contribution in [0.3, 0.4) is 0 Å². The lowest BCUT2D eigenvalue weighted by molar-refractivity contribution is -0.136. The van der Waals surface area contributed by atoms with Gasteiger partial charge in [-0.2, -0.15) is 0 Å². The molecule has 5 heteroatoms. The zero-order chi connectivity index (χ0) is 14.4. The second-order valence-corrected chi connectivity index (χ2v) is 6.81. The Morgan fingerprint density at radius 2 is 1.95 bits per heavy atom. The Balaban J connectivity index is 1.74. The minimum atomic E-state index is -0.778. The molecule has 1 aliphatic carbocycles. The lowest BCUT2D eigenvalue weighted by Crippen LogP contribution is -2.32. The van der Waals surface area contributed by atoms with Gasteiger partial charge in [-0.15, -0.1) is 11.3 Å². The van der Waals surface area contributed by atoms with Crippen LogP contribution in [0.25, 0.3) is 0 Å². The molecule has 1 fully saturated rings. The zero-order valence-electron chi connectivity index (χ0n) is 11.7. The van der Waals surface area contributed by atoms with Crippen molar-refractivity contribution in [2.75, 3.05) is 13.2 Å². The fourth-order valence-corrected chi connectivity index (χ4v) is 3.91. The summed E-state index contributed by atoms with van der Waals surface area (Å²) in [4.78, 5) is 12.7. The number of aliphatic carboxylic acids is 1. The van der Waals surface area contributed by atoms with Crippen LogP contribution in [0, 0.1) is 11.8 Å². The average Bonchev–Trinajstić information content (AvgIpc) is 2.86. The van der Waals surface area contributed by atoms with Crippen LogP contribution in [0.1, 0.15) is 35.4 Å². The molecule has 2 unspecified atom stereocenters. The van der Waals surface area contributed by atoms with E-state index in [0.717, 1.165) is 24.4 Å². The number of hydrogen-bond donors (Lipinski definition) is 3. The second kappa shape index (κ2) is 7.76. The maximum absolute atomic E-state index is 10.6. The van der Waals surface area contributed by atoms with Gasteiger partial charge in [0.25, 0.3) is 0 Å². The molecular weight excluding hydrogens is 274 g/mol. The van der Waals surface area contributed by atoms with Crippen LogP contribution in [-0.2, 0) is 17.8 Å². The van der Waals surface area contributed by atoms with Gasteiger partial charge in [0.15, 0.2) is 0 Å². The Hall–Kier alpha value is -0.910. The molecular formula is C15H23NO3S. The zero-order valence-corrected chi connectivity index (χ0v) is 12.5. The Morgan fingerprint density at radius 3 is 2.65 bits per heavy atom. The number of carbonyl (C=O) groups is 1. The van der Waals surface area contributed by atoms with Gasteiger partial charge >= 0.3 is 5.97 Å². The quantitative estimate of drug-likeness (QED) is 0.722. The molecule has 0 aromatic carbocycles. The average molecular weight is 297 g/mol. The largest absolute Gasteiger partial charge is 0.481 e. The van der Waals surface area contributed by atoms with Crippen LogP contribution in [0.5, 0.6) is 0 Å². The SMILES string of the molecule is O=C(O)Cc1ccc(CNCC2CCCCC2CO)s1. The third-order valence-electron chi connectivity index (χ3n) is 4.05. The number of carboxylic acid groups (broad SMARTS) is 1. The van der Waals surface area contributed by atoms with Crippen molar-refractivity contribution < 1.29 is 15.0 Å². The molecule has 3 N–H and O–H groups in total. The molecule has 2 atom stereocenters. The lowest BCUT2D eigenvalue weighted by Gasteiger charge is -2.30. The number of nitrogens with one attached hydrogen (secondary N) is 1. The van der Waals surface area contributed by atoms with Crippen molar-refractivity contribution in [2.45, 2.75) is 38.6 Å². The van der Waals surface area contributed by atoms with E-state index in [-0.39, 0.29) is 6.42 Å². The van der Waals surface area contributed by atoms with Crippen molar-refractivity contribution >= 4 is 17.3 Å². The van der Waals surface area contributed by atoms with Crippen LogP contribution in [0.2, 0.25) is 0 Å². The summed E-state index contributed by atoms with van der Waals surface area (Å²) in [6.45, 7) is 2.03. The molecule has 1 aliphatic rings. The Morgan fingerprint density at radius 1 is 1.25 bits per heavy atom. The van der Waals surface area contributed by atoms with Crippen LogP contribution in [-0.4, -0.2) is 29.3 Å². The van der Waals surface area contributed by atoms with Crippen LogP contribution in [0.4, 0.5) is 0 Å². The van der Waals surface area contributed by atoms with Gasteiger partial charge in [0.1, 0.15) is 0 Å². The highest BCUT2D eigenvalue weighted by Gasteiger charge is 2.23. The third-order valence-corrected chi connectivity index (χ3v) is 5.13. The maximum Gasteiger partial charge on any atom is 0.308 e. The van der Waals surface area contributed by atoms with Gasteiger partial charge in [-0.3, -0.25) is 4.79 Å². The fraction of sp³-hybridized carbons (Fsp3) is 0.667.